The van der Waals surface area contributed by atoms with Gasteiger partial charge in [0.25, 0.3) is 10.0 Å². The second kappa shape index (κ2) is 5.51. The van der Waals surface area contributed by atoms with Crippen molar-refractivity contribution in [1.82, 2.24) is 14.1 Å². The fourth-order valence-corrected chi connectivity index (χ4v) is 5.05. The Hall–Kier alpha value is -1.06. The molecule has 1 aliphatic heterocycles. The van der Waals surface area contributed by atoms with E-state index in [1.54, 1.807) is 18.8 Å². The topological polar surface area (TPSA) is 92.5 Å². The zero-order valence-corrected chi connectivity index (χ0v) is 12.0. The third kappa shape index (κ3) is 2.93. The number of aliphatic carboxylic acids is 1. The van der Waals surface area contributed by atoms with Crippen LogP contribution in [0.5, 0.6) is 0 Å². The van der Waals surface area contributed by atoms with Gasteiger partial charge >= 0.3 is 5.97 Å². The standard InChI is InChI=1S/C10H15N3O4S2/c1-12-9(2-3-11-12)19(16,17)13-4-5-18-7-8(13)6-10(14)15/h2-3,8H,4-7H2,1H3,(H,14,15). The average molecular weight is 305 g/mol. The molecule has 0 saturated carbocycles. The molecule has 0 spiro atoms. The number of aryl methyl sites for hydroxylation is 1. The lowest BCUT2D eigenvalue weighted by atomic mass is 10.2. The fraction of sp³-hybridized carbons (Fsp3) is 0.600. The largest absolute Gasteiger partial charge is 0.481 e. The number of carboxylic acids is 1. The lowest BCUT2D eigenvalue weighted by Gasteiger charge is -2.33. The Morgan fingerprint density at radius 1 is 1.63 bits per heavy atom. The smallest absolute Gasteiger partial charge is 0.305 e. The van der Waals surface area contributed by atoms with E-state index in [1.165, 1.54) is 21.3 Å². The summed E-state index contributed by atoms with van der Waals surface area (Å²) >= 11 is 1.57. The summed E-state index contributed by atoms with van der Waals surface area (Å²) in [5, 5.41) is 12.8. The highest BCUT2D eigenvalue weighted by atomic mass is 32.2. The maximum Gasteiger partial charge on any atom is 0.305 e. The first-order valence-corrected chi connectivity index (χ1v) is 8.32. The van der Waals surface area contributed by atoms with Crippen LogP contribution in [-0.2, 0) is 21.9 Å². The predicted molar refractivity (Wildman–Crippen MR) is 70.5 cm³/mol. The van der Waals surface area contributed by atoms with Crippen LogP contribution >= 0.6 is 11.8 Å². The zero-order chi connectivity index (χ0) is 14.0. The molecule has 7 nitrogen and oxygen atoms in total. The van der Waals surface area contributed by atoms with Crippen LogP contribution in [0.4, 0.5) is 0 Å². The molecule has 0 aromatic carbocycles. The van der Waals surface area contributed by atoms with Crippen LogP contribution in [0.3, 0.4) is 0 Å². The number of hydrogen-bond donors (Lipinski definition) is 1. The number of carbonyl (C=O) groups is 1. The number of thioether (sulfide) groups is 1. The molecule has 1 aliphatic rings. The summed E-state index contributed by atoms with van der Waals surface area (Å²) in [6.45, 7) is 0.329. The van der Waals surface area contributed by atoms with Crippen molar-refractivity contribution < 1.29 is 18.3 Å². The molecule has 0 amide bonds. The Morgan fingerprint density at radius 2 is 2.37 bits per heavy atom. The van der Waals surface area contributed by atoms with Crippen molar-refractivity contribution in [3.63, 3.8) is 0 Å². The van der Waals surface area contributed by atoms with E-state index in [0.29, 0.717) is 18.1 Å². The molecule has 9 heteroatoms. The summed E-state index contributed by atoms with van der Waals surface area (Å²) in [6.07, 6.45) is 1.24. The Bertz CT molecular complexity index is 569. The van der Waals surface area contributed by atoms with E-state index in [-0.39, 0.29) is 11.4 Å². The van der Waals surface area contributed by atoms with Crippen LogP contribution in [-0.4, -0.2) is 57.7 Å². The van der Waals surface area contributed by atoms with Crippen molar-refractivity contribution in [2.24, 2.45) is 7.05 Å². The van der Waals surface area contributed by atoms with Crippen molar-refractivity contribution >= 4 is 27.8 Å². The van der Waals surface area contributed by atoms with Crippen LogP contribution < -0.4 is 0 Å². The molecule has 19 heavy (non-hydrogen) atoms. The molecular weight excluding hydrogens is 290 g/mol. The molecule has 1 N–H and O–H groups in total. The summed E-state index contributed by atoms with van der Waals surface area (Å²) in [5.41, 5.74) is 0. The van der Waals surface area contributed by atoms with E-state index < -0.39 is 22.0 Å². The van der Waals surface area contributed by atoms with Crippen molar-refractivity contribution in [3.05, 3.63) is 12.3 Å². The molecule has 0 bridgehead atoms. The highest BCUT2D eigenvalue weighted by molar-refractivity contribution is 7.99. The zero-order valence-electron chi connectivity index (χ0n) is 10.4. The molecule has 2 rings (SSSR count). The number of carboxylic acid groups (broad SMARTS) is 1. The maximum absolute atomic E-state index is 12.5. The quantitative estimate of drug-likeness (QED) is 0.842. The molecule has 1 unspecified atom stereocenters. The normalized spacial score (nSPS) is 21.4. The Labute approximate surface area is 115 Å². The summed E-state index contributed by atoms with van der Waals surface area (Å²) in [5.74, 6) is 0.189. The van der Waals surface area contributed by atoms with Crippen molar-refractivity contribution in [2.45, 2.75) is 17.5 Å². The highest BCUT2D eigenvalue weighted by Crippen LogP contribution is 2.25. The van der Waals surface area contributed by atoms with Crippen LogP contribution in [0, 0.1) is 0 Å². The first kappa shape index (κ1) is 14.4. The maximum atomic E-state index is 12.5. The first-order valence-electron chi connectivity index (χ1n) is 5.72. The third-order valence-electron chi connectivity index (χ3n) is 2.93. The molecule has 1 aromatic heterocycles. The molecule has 0 radical (unpaired) electrons. The van der Waals surface area contributed by atoms with Crippen LogP contribution in [0.25, 0.3) is 0 Å². The van der Waals surface area contributed by atoms with E-state index in [2.05, 4.69) is 5.10 Å². The monoisotopic (exact) mass is 305 g/mol. The molecule has 1 saturated heterocycles. The minimum Gasteiger partial charge on any atom is -0.481 e. The number of aromatic nitrogens is 2. The van der Waals surface area contributed by atoms with Gasteiger partial charge in [-0.25, -0.2) is 8.42 Å². The molecule has 0 aliphatic carbocycles. The van der Waals surface area contributed by atoms with E-state index in [4.69, 9.17) is 5.11 Å². The predicted octanol–water partition coefficient (Wildman–Crippen LogP) is 0.000900. The molecule has 106 valence electrons. The Morgan fingerprint density at radius 3 is 2.95 bits per heavy atom. The molecule has 1 atom stereocenters. The highest BCUT2D eigenvalue weighted by Gasteiger charge is 2.36. The second-order valence-corrected chi connectivity index (χ2v) is 7.22. The van der Waals surface area contributed by atoms with Gasteiger partial charge in [-0.3, -0.25) is 9.48 Å². The van der Waals surface area contributed by atoms with E-state index in [0.717, 1.165) is 0 Å². The molecule has 1 aromatic rings. The van der Waals surface area contributed by atoms with Gasteiger partial charge in [0.1, 0.15) is 0 Å². The van der Waals surface area contributed by atoms with Gasteiger partial charge in [-0.05, 0) is 6.07 Å². The van der Waals surface area contributed by atoms with Gasteiger partial charge in [-0.2, -0.15) is 21.2 Å². The van der Waals surface area contributed by atoms with Gasteiger partial charge < -0.3 is 5.11 Å². The number of sulfonamides is 1. The summed E-state index contributed by atoms with van der Waals surface area (Å²) in [7, 11) is -2.13. The van der Waals surface area contributed by atoms with Crippen LogP contribution in [0.1, 0.15) is 6.42 Å². The molecule has 2 heterocycles. The van der Waals surface area contributed by atoms with E-state index in [1.807, 2.05) is 0 Å². The lowest BCUT2D eigenvalue weighted by molar-refractivity contribution is -0.137. The number of nitrogens with zero attached hydrogens (tertiary/aromatic N) is 3. The average Bonchev–Trinajstić information content (AvgIpc) is 2.76. The number of rotatable bonds is 4. The lowest BCUT2D eigenvalue weighted by Crippen LogP contribution is -2.47. The Kier molecular flexibility index (Phi) is 4.16. The van der Waals surface area contributed by atoms with E-state index >= 15 is 0 Å². The van der Waals surface area contributed by atoms with Gasteiger partial charge in [0.05, 0.1) is 12.6 Å². The molecular formula is C10H15N3O4S2. The van der Waals surface area contributed by atoms with Crippen LogP contribution in [0.2, 0.25) is 0 Å². The number of hydrogen-bond acceptors (Lipinski definition) is 5. The van der Waals surface area contributed by atoms with E-state index in [9.17, 15) is 13.2 Å². The minimum atomic E-state index is -3.69. The fourth-order valence-electron chi connectivity index (χ4n) is 2.05. The van der Waals surface area contributed by atoms with Crippen molar-refractivity contribution in [1.29, 1.82) is 0 Å². The van der Waals surface area contributed by atoms with Crippen LogP contribution in [0.15, 0.2) is 17.3 Å². The summed E-state index contributed by atoms with van der Waals surface area (Å²) in [6, 6.07) is 0.922. The summed E-state index contributed by atoms with van der Waals surface area (Å²) in [4.78, 5) is 10.8. The van der Waals surface area contributed by atoms with Crippen molar-refractivity contribution in [2.75, 3.05) is 18.1 Å². The van der Waals surface area contributed by atoms with Gasteiger partial charge in [0, 0.05) is 31.1 Å². The Balaban J connectivity index is 2.32. The van der Waals surface area contributed by atoms with Gasteiger partial charge in [0.15, 0.2) is 5.03 Å². The first-order chi connectivity index (χ1) is 8.93. The van der Waals surface area contributed by atoms with Gasteiger partial charge in [-0.1, -0.05) is 0 Å². The third-order valence-corrected chi connectivity index (χ3v) is 6.05. The second-order valence-electron chi connectivity index (χ2n) is 4.24. The van der Waals surface area contributed by atoms with Gasteiger partial charge in [-0.15, -0.1) is 0 Å². The van der Waals surface area contributed by atoms with Gasteiger partial charge in [0.2, 0.25) is 0 Å². The SMILES string of the molecule is Cn1nccc1S(=O)(=O)N1CCSCC1CC(=O)O. The van der Waals surface area contributed by atoms with Crippen molar-refractivity contribution in [3.8, 4) is 0 Å². The summed E-state index contributed by atoms with van der Waals surface area (Å²) < 4.78 is 27.6. The molecule has 1 fully saturated rings. The minimum absolute atomic E-state index is 0.0924.